The molecule has 0 atom stereocenters. The molecule has 0 bridgehead atoms. The number of fused-ring (bicyclic) bond motifs is 1. The predicted molar refractivity (Wildman–Crippen MR) is 76.8 cm³/mol. The lowest BCUT2D eigenvalue weighted by Gasteiger charge is -2.02. The number of nitrogens with one attached hydrogen (secondary N) is 1. The van der Waals surface area contributed by atoms with Gasteiger partial charge in [0.15, 0.2) is 5.82 Å². The molecule has 0 aliphatic rings. The molecule has 2 heterocycles. The Labute approximate surface area is 118 Å². The fourth-order valence-electron chi connectivity index (χ4n) is 1.71. The second-order valence-corrected chi connectivity index (χ2v) is 5.12. The first-order valence-electron chi connectivity index (χ1n) is 5.49. The zero-order chi connectivity index (χ0) is 13.2. The van der Waals surface area contributed by atoms with Crippen LogP contribution in [0, 0.1) is 0 Å². The minimum Gasteiger partial charge on any atom is -0.305 e. The van der Waals surface area contributed by atoms with Crippen LogP contribution in [0.4, 0.5) is 5.82 Å². The minimum absolute atomic E-state index is 0.200. The Hall–Kier alpha value is -1.98. The van der Waals surface area contributed by atoms with Gasteiger partial charge in [0.1, 0.15) is 5.15 Å². The summed E-state index contributed by atoms with van der Waals surface area (Å²) in [7, 11) is 0. The van der Waals surface area contributed by atoms with Crippen LogP contribution in [0.15, 0.2) is 42.0 Å². The molecule has 1 N–H and O–H groups in total. The van der Waals surface area contributed by atoms with Crippen LogP contribution >= 0.6 is 22.9 Å². The summed E-state index contributed by atoms with van der Waals surface area (Å²) < 4.78 is 1.08. The molecule has 1 amide bonds. The fourth-order valence-corrected chi connectivity index (χ4v) is 2.75. The van der Waals surface area contributed by atoms with Gasteiger partial charge in [0, 0.05) is 15.5 Å². The Morgan fingerprint density at radius 1 is 1.21 bits per heavy atom. The van der Waals surface area contributed by atoms with Crippen LogP contribution in [0.25, 0.3) is 10.1 Å². The van der Waals surface area contributed by atoms with Gasteiger partial charge >= 0.3 is 0 Å². The lowest BCUT2D eigenvalue weighted by atomic mass is 10.2. The molecular weight excluding hydrogens is 282 g/mol. The number of halogens is 1. The van der Waals surface area contributed by atoms with Gasteiger partial charge in [-0.2, -0.15) is 0 Å². The Bertz CT molecular complexity index is 739. The number of carbonyl (C=O) groups is 1. The largest absolute Gasteiger partial charge is 0.305 e. The molecule has 4 nitrogen and oxygen atoms in total. The maximum atomic E-state index is 12.2. The molecule has 0 unspecified atom stereocenters. The van der Waals surface area contributed by atoms with E-state index in [1.54, 1.807) is 0 Å². The van der Waals surface area contributed by atoms with Gasteiger partial charge in [-0.1, -0.05) is 29.8 Å². The Balaban J connectivity index is 1.90. The molecule has 0 saturated carbocycles. The van der Waals surface area contributed by atoms with Crippen molar-refractivity contribution in [3.05, 3.63) is 52.8 Å². The van der Waals surface area contributed by atoms with Gasteiger partial charge in [0.05, 0.1) is 18.0 Å². The van der Waals surface area contributed by atoms with Crippen LogP contribution in [-0.4, -0.2) is 15.9 Å². The molecule has 0 spiro atoms. The average Bonchev–Trinajstić information content (AvgIpc) is 2.85. The number of hydrogen-bond donors (Lipinski definition) is 1. The monoisotopic (exact) mass is 289 g/mol. The van der Waals surface area contributed by atoms with Gasteiger partial charge in [-0.25, -0.2) is 9.97 Å². The van der Waals surface area contributed by atoms with Crippen molar-refractivity contribution in [1.82, 2.24) is 9.97 Å². The standard InChI is InChI=1S/C13H8ClN3OS/c14-11-5-16-12(6-15-11)17-13(18)9-7-19-10-4-2-1-3-8(9)10/h1-7H,(H,16,17,18). The Morgan fingerprint density at radius 3 is 2.84 bits per heavy atom. The highest BCUT2D eigenvalue weighted by Crippen LogP contribution is 2.26. The molecule has 0 radical (unpaired) electrons. The molecule has 1 aromatic carbocycles. The second-order valence-electron chi connectivity index (χ2n) is 3.82. The Kier molecular flexibility index (Phi) is 3.15. The summed E-state index contributed by atoms with van der Waals surface area (Å²) in [6.07, 6.45) is 2.82. The Morgan fingerprint density at radius 2 is 2.05 bits per heavy atom. The molecule has 0 aliphatic heterocycles. The summed E-state index contributed by atoms with van der Waals surface area (Å²) in [6, 6.07) is 7.77. The third kappa shape index (κ3) is 2.43. The van der Waals surface area contributed by atoms with Crippen molar-refractivity contribution in [2.45, 2.75) is 0 Å². The lowest BCUT2D eigenvalue weighted by molar-refractivity contribution is 0.102. The smallest absolute Gasteiger partial charge is 0.258 e. The highest BCUT2D eigenvalue weighted by atomic mass is 35.5. The summed E-state index contributed by atoms with van der Waals surface area (Å²) in [5, 5.41) is 5.76. The maximum absolute atomic E-state index is 12.2. The van der Waals surface area contributed by atoms with E-state index in [0.717, 1.165) is 10.1 Å². The van der Waals surface area contributed by atoms with E-state index in [-0.39, 0.29) is 5.91 Å². The van der Waals surface area contributed by atoms with E-state index in [1.807, 2.05) is 29.6 Å². The number of hydrogen-bond acceptors (Lipinski definition) is 4. The SMILES string of the molecule is O=C(Nc1cnc(Cl)cn1)c1csc2ccccc12. The summed E-state index contributed by atoms with van der Waals surface area (Å²) >= 11 is 7.18. The van der Waals surface area contributed by atoms with Crippen LogP contribution in [0.1, 0.15) is 10.4 Å². The van der Waals surface area contributed by atoms with Crippen molar-refractivity contribution in [3.63, 3.8) is 0 Å². The molecular formula is C13H8ClN3OS. The average molecular weight is 290 g/mol. The van der Waals surface area contributed by atoms with Crippen LogP contribution in [0.3, 0.4) is 0 Å². The molecule has 2 aromatic heterocycles. The van der Waals surface area contributed by atoms with E-state index in [2.05, 4.69) is 15.3 Å². The van der Waals surface area contributed by atoms with Gasteiger partial charge in [-0.15, -0.1) is 11.3 Å². The summed E-state index contributed by atoms with van der Waals surface area (Å²) in [5.41, 5.74) is 0.636. The molecule has 6 heteroatoms. The van der Waals surface area contributed by atoms with E-state index in [4.69, 9.17) is 11.6 Å². The molecule has 0 saturated heterocycles. The first-order chi connectivity index (χ1) is 9.24. The minimum atomic E-state index is -0.200. The van der Waals surface area contributed by atoms with Crippen LogP contribution in [0.2, 0.25) is 5.15 Å². The van der Waals surface area contributed by atoms with E-state index in [0.29, 0.717) is 16.5 Å². The predicted octanol–water partition coefficient (Wildman–Crippen LogP) is 3.60. The molecule has 3 rings (SSSR count). The third-order valence-electron chi connectivity index (χ3n) is 2.59. The summed E-state index contributed by atoms with van der Waals surface area (Å²) in [5.74, 6) is 0.179. The van der Waals surface area contributed by atoms with Gasteiger partial charge < -0.3 is 5.32 Å². The number of nitrogens with zero attached hydrogens (tertiary/aromatic N) is 2. The summed E-state index contributed by atoms with van der Waals surface area (Å²) in [4.78, 5) is 20.0. The van der Waals surface area contributed by atoms with E-state index in [1.165, 1.54) is 23.7 Å². The number of amides is 1. The maximum Gasteiger partial charge on any atom is 0.258 e. The fraction of sp³-hybridized carbons (Fsp3) is 0. The molecule has 0 aliphatic carbocycles. The van der Waals surface area contributed by atoms with E-state index >= 15 is 0 Å². The molecule has 19 heavy (non-hydrogen) atoms. The second kappa shape index (κ2) is 4.95. The van der Waals surface area contributed by atoms with Gasteiger partial charge in [0.2, 0.25) is 0 Å². The molecule has 94 valence electrons. The zero-order valence-electron chi connectivity index (χ0n) is 9.63. The van der Waals surface area contributed by atoms with Crippen molar-refractivity contribution in [2.75, 3.05) is 5.32 Å². The van der Waals surface area contributed by atoms with Crippen molar-refractivity contribution in [1.29, 1.82) is 0 Å². The van der Waals surface area contributed by atoms with E-state index in [9.17, 15) is 4.79 Å². The normalized spacial score (nSPS) is 10.6. The summed E-state index contributed by atoms with van der Waals surface area (Å²) in [6.45, 7) is 0. The van der Waals surface area contributed by atoms with Gasteiger partial charge in [-0.05, 0) is 6.07 Å². The van der Waals surface area contributed by atoms with E-state index < -0.39 is 0 Å². The number of anilines is 1. The molecule has 0 fully saturated rings. The van der Waals surface area contributed by atoms with Crippen molar-refractivity contribution >= 4 is 44.7 Å². The van der Waals surface area contributed by atoms with Crippen molar-refractivity contribution in [2.24, 2.45) is 0 Å². The highest BCUT2D eigenvalue weighted by Gasteiger charge is 2.12. The number of thiophene rings is 1. The first kappa shape index (κ1) is 12.1. The quantitative estimate of drug-likeness (QED) is 0.784. The number of aromatic nitrogens is 2. The van der Waals surface area contributed by atoms with Gasteiger partial charge in [-0.3, -0.25) is 4.79 Å². The van der Waals surface area contributed by atoms with Crippen LogP contribution in [-0.2, 0) is 0 Å². The first-order valence-corrected chi connectivity index (χ1v) is 6.75. The van der Waals surface area contributed by atoms with Crippen molar-refractivity contribution in [3.8, 4) is 0 Å². The molecule has 3 aromatic rings. The zero-order valence-corrected chi connectivity index (χ0v) is 11.2. The third-order valence-corrected chi connectivity index (χ3v) is 3.75. The number of benzene rings is 1. The van der Waals surface area contributed by atoms with Crippen LogP contribution < -0.4 is 5.32 Å². The topological polar surface area (TPSA) is 54.9 Å². The number of carbonyl (C=O) groups excluding carboxylic acids is 1. The van der Waals surface area contributed by atoms with Crippen molar-refractivity contribution < 1.29 is 4.79 Å². The lowest BCUT2D eigenvalue weighted by Crippen LogP contribution is -2.12. The number of rotatable bonds is 2. The highest BCUT2D eigenvalue weighted by molar-refractivity contribution is 7.17. The van der Waals surface area contributed by atoms with Gasteiger partial charge in [0.25, 0.3) is 5.91 Å². The van der Waals surface area contributed by atoms with Crippen LogP contribution in [0.5, 0.6) is 0 Å².